The summed E-state index contributed by atoms with van der Waals surface area (Å²) >= 11 is 7.05. The van der Waals surface area contributed by atoms with Crippen molar-refractivity contribution in [3.8, 4) is 0 Å². The lowest BCUT2D eigenvalue weighted by atomic mass is 10.2. The third-order valence-corrected chi connectivity index (χ3v) is 4.38. The molecular formula is C12H19N3S2. The van der Waals surface area contributed by atoms with Gasteiger partial charge in [0.05, 0.1) is 6.04 Å². The van der Waals surface area contributed by atoms with Crippen LogP contribution < -0.4 is 10.6 Å². The Labute approximate surface area is 112 Å². The van der Waals surface area contributed by atoms with E-state index in [2.05, 4.69) is 29.5 Å². The maximum Gasteiger partial charge on any atom is 0.167 e. The van der Waals surface area contributed by atoms with Gasteiger partial charge in [-0.05, 0) is 38.9 Å². The fourth-order valence-electron chi connectivity index (χ4n) is 2.13. The van der Waals surface area contributed by atoms with Gasteiger partial charge in [-0.15, -0.1) is 11.3 Å². The molecule has 1 unspecified atom stereocenters. The summed E-state index contributed by atoms with van der Waals surface area (Å²) in [5.41, 5.74) is 0. The van der Waals surface area contributed by atoms with E-state index in [4.69, 9.17) is 12.2 Å². The second kappa shape index (κ2) is 5.78. The van der Waals surface area contributed by atoms with Crippen LogP contribution >= 0.6 is 23.6 Å². The molecule has 1 aliphatic rings. The Bertz CT molecular complexity index is 383. The predicted molar refractivity (Wildman–Crippen MR) is 76.4 cm³/mol. The molecule has 2 rings (SSSR count). The van der Waals surface area contributed by atoms with Crippen LogP contribution in [0.4, 0.5) is 0 Å². The lowest BCUT2D eigenvalue weighted by molar-refractivity contribution is 0.605. The van der Waals surface area contributed by atoms with E-state index in [9.17, 15) is 0 Å². The molecule has 1 aliphatic carbocycles. The van der Waals surface area contributed by atoms with E-state index in [1.165, 1.54) is 30.6 Å². The van der Waals surface area contributed by atoms with Crippen molar-refractivity contribution in [3.63, 3.8) is 0 Å². The van der Waals surface area contributed by atoms with Crippen molar-refractivity contribution >= 4 is 28.7 Å². The summed E-state index contributed by atoms with van der Waals surface area (Å²) in [6.07, 6.45) is 7.04. The van der Waals surface area contributed by atoms with Gasteiger partial charge in [-0.1, -0.05) is 12.8 Å². The van der Waals surface area contributed by atoms with Crippen molar-refractivity contribution in [2.24, 2.45) is 0 Å². The fourth-order valence-corrected chi connectivity index (χ4v) is 3.25. The molecule has 0 aliphatic heterocycles. The van der Waals surface area contributed by atoms with Gasteiger partial charge in [0.2, 0.25) is 0 Å². The van der Waals surface area contributed by atoms with Crippen LogP contribution in [0.1, 0.15) is 48.5 Å². The number of aryl methyl sites for hydroxylation is 1. The Morgan fingerprint density at radius 3 is 2.82 bits per heavy atom. The van der Waals surface area contributed by atoms with Crippen molar-refractivity contribution in [3.05, 3.63) is 16.1 Å². The van der Waals surface area contributed by atoms with Crippen molar-refractivity contribution in [1.29, 1.82) is 0 Å². The van der Waals surface area contributed by atoms with E-state index in [1.54, 1.807) is 11.3 Å². The lowest BCUT2D eigenvalue weighted by Crippen LogP contribution is -2.41. The Morgan fingerprint density at radius 2 is 2.24 bits per heavy atom. The molecule has 0 bridgehead atoms. The Morgan fingerprint density at radius 1 is 1.53 bits per heavy atom. The molecule has 0 saturated heterocycles. The SMILES string of the molecule is Cc1cnc(C(C)NC(=S)NC2CCCC2)s1. The van der Waals surface area contributed by atoms with Gasteiger partial charge in [-0.2, -0.15) is 0 Å². The lowest BCUT2D eigenvalue weighted by Gasteiger charge is -2.18. The third kappa shape index (κ3) is 3.64. The van der Waals surface area contributed by atoms with Crippen LogP contribution in [0, 0.1) is 6.92 Å². The predicted octanol–water partition coefficient (Wildman–Crippen LogP) is 2.92. The zero-order chi connectivity index (χ0) is 12.3. The molecule has 1 heterocycles. The minimum Gasteiger partial charge on any atom is -0.360 e. The summed E-state index contributed by atoms with van der Waals surface area (Å²) < 4.78 is 0. The average Bonchev–Trinajstić information content (AvgIpc) is 2.89. The summed E-state index contributed by atoms with van der Waals surface area (Å²) in [6.45, 7) is 4.17. The second-order valence-corrected chi connectivity index (χ2v) is 6.30. The van der Waals surface area contributed by atoms with E-state index < -0.39 is 0 Å². The quantitative estimate of drug-likeness (QED) is 0.827. The first-order valence-electron chi connectivity index (χ1n) is 6.14. The first-order valence-corrected chi connectivity index (χ1v) is 7.37. The first kappa shape index (κ1) is 12.8. The average molecular weight is 269 g/mol. The molecule has 2 N–H and O–H groups in total. The number of hydrogen-bond acceptors (Lipinski definition) is 3. The van der Waals surface area contributed by atoms with Crippen LogP contribution in [0.2, 0.25) is 0 Å². The smallest absolute Gasteiger partial charge is 0.167 e. The summed E-state index contributed by atoms with van der Waals surface area (Å²) in [6, 6.07) is 0.760. The Kier molecular flexibility index (Phi) is 4.34. The molecule has 17 heavy (non-hydrogen) atoms. The zero-order valence-electron chi connectivity index (χ0n) is 10.3. The number of hydrogen-bond donors (Lipinski definition) is 2. The molecule has 1 atom stereocenters. The number of rotatable bonds is 3. The van der Waals surface area contributed by atoms with Crippen molar-refractivity contribution in [1.82, 2.24) is 15.6 Å². The molecule has 1 saturated carbocycles. The molecule has 5 heteroatoms. The summed E-state index contributed by atoms with van der Waals surface area (Å²) in [5, 5.41) is 8.54. The molecular weight excluding hydrogens is 250 g/mol. The van der Waals surface area contributed by atoms with Gasteiger partial charge in [0.1, 0.15) is 5.01 Å². The van der Waals surface area contributed by atoms with Crippen molar-refractivity contribution < 1.29 is 0 Å². The van der Waals surface area contributed by atoms with Gasteiger partial charge in [-0.25, -0.2) is 4.98 Å². The molecule has 0 aromatic carbocycles. The zero-order valence-corrected chi connectivity index (χ0v) is 12.0. The first-order chi connectivity index (χ1) is 8.15. The summed E-state index contributed by atoms with van der Waals surface area (Å²) in [4.78, 5) is 5.61. The van der Waals surface area contributed by atoms with E-state index in [0.717, 1.165) is 10.1 Å². The van der Waals surface area contributed by atoms with Crippen LogP contribution in [0.5, 0.6) is 0 Å². The van der Waals surface area contributed by atoms with Crippen LogP contribution in [0.15, 0.2) is 6.20 Å². The maximum absolute atomic E-state index is 5.33. The highest BCUT2D eigenvalue weighted by Crippen LogP contribution is 2.20. The van der Waals surface area contributed by atoms with Crippen LogP contribution in [-0.2, 0) is 0 Å². The van der Waals surface area contributed by atoms with Gasteiger partial charge in [-0.3, -0.25) is 0 Å². The minimum absolute atomic E-state index is 0.190. The van der Waals surface area contributed by atoms with Gasteiger partial charge in [0.15, 0.2) is 5.11 Å². The molecule has 0 radical (unpaired) electrons. The summed E-state index contributed by atoms with van der Waals surface area (Å²) in [5.74, 6) is 0. The monoisotopic (exact) mass is 269 g/mol. The highest BCUT2D eigenvalue weighted by molar-refractivity contribution is 7.80. The van der Waals surface area contributed by atoms with Crippen LogP contribution in [0.25, 0.3) is 0 Å². The second-order valence-electron chi connectivity index (χ2n) is 4.63. The number of thiocarbonyl (C=S) groups is 1. The molecule has 1 aromatic rings. The number of aromatic nitrogens is 1. The van der Waals surface area contributed by atoms with Crippen molar-refractivity contribution in [2.45, 2.75) is 51.6 Å². The molecule has 3 nitrogen and oxygen atoms in total. The molecule has 0 amide bonds. The van der Waals surface area contributed by atoms with E-state index in [-0.39, 0.29) is 6.04 Å². The maximum atomic E-state index is 5.33. The van der Waals surface area contributed by atoms with Crippen molar-refractivity contribution in [2.75, 3.05) is 0 Å². The topological polar surface area (TPSA) is 37.0 Å². The fraction of sp³-hybridized carbons (Fsp3) is 0.667. The Hall–Kier alpha value is -0.680. The number of nitrogens with one attached hydrogen (secondary N) is 2. The Balaban J connectivity index is 1.81. The van der Waals surface area contributed by atoms with Gasteiger partial charge in [0, 0.05) is 17.1 Å². The highest BCUT2D eigenvalue weighted by Gasteiger charge is 2.17. The van der Waals surface area contributed by atoms with E-state index >= 15 is 0 Å². The standard InChI is InChI=1S/C12H19N3S2/c1-8-7-13-11(17-8)9(2)14-12(16)15-10-5-3-4-6-10/h7,9-10H,3-6H2,1-2H3,(H2,14,15,16). The van der Waals surface area contributed by atoms with E-state index in [1.807, 2.05) is 6.20 Å². The van der Waals surface area contributed by atoms with Gasteiger partial charge in [0.25, 0.3) is 0 Å². The van der Waals surface area contributed by atoms with Gasteiger partial charge < -0.3 is 10.6 Å². The highest BCUT2D eigenvalue weighted by atomic mass is 32.1. The normalized spacial score (nSPS) is 18.0. The molecule has 1 fully saturated rings. The summed E-state index contributed by atoms with van der Waals surface area (Å²) in [7, 11) is 0. The van der Waals surface area contributed by atoms with E-state index in [0.29, 0.717) is 6.04 Å². The number of nitrogens with zero attached hydrogens (tertiary/aromatic N) is 1. The van der Waals surface area contributed by atoms with Gasteiger partial charge >= 0.3 is 0 Å². The van der Waals surface area contributed by atoms with Crippen LogP contribution in [0.3, 0.4) is 0 Å². The van der Waals surface area contributed by atoms with Crippen LogP contribution in [-0.4, -0.2) is 16.1 Å². The molecule has 1 aromatic heterocycles. The third-order valence-electron chi connectivity index (χ3n) is 3.05. The minimum atomic E-state index is 0.190. The largest absolute Gasteiger partial charge is 0.360 e. The molecule has 94 valence electrons. The molecule has 0 spiro atoms. The number of thiazole rings is 1.